The van der Waals surface area contributed by atoms with Crippen molar-refractivity contribution < 1.29 is 5.11 Å². The summed E-state index contributed by atoms with van der Waals surface area (Å²) in [6.07, 6.45) is 3.54. The summed E-state index contributed by atoms with van der Waals surface area (Å²) in [6, 6.07) is 4.16. The second kappa shape index (κ2) is 5.02. The number of hydrogen-bond donors (Lipinski definition) is 2. The summed E-state index contributed by atoms with van der Waals surface area (Å²) in [5, 5.41) is 13.0. The van der Waals surface area contributed by atoms with Crippen LogP contribution in [0, 0.1) is 0 Å². The summed E-state index contributed by atoms with van der Waals surface area (Å²) in [5.74, 6) is 1.01. The zero-order chi connectivity index (χ0) is 12.3. The van der Waals surface area contributed by atoms with Gasteiger partial charge in [-0.15, -0.1) is 0 Å². The lowest BCUT2D eigenvalue weighted by atomic mass is 9.94. The zero-order valence-electron chi connectivity index (χ0n) is 10.6. The molecule has 17 heavy (non-hydrogen) atoms. The Balaban J connectivity index is 1.99. The molecule has 0 atom stereocenters. The van der Waals surface area contributed by atoms with Gasteiger partial charge in [-0.05, 0) is 38.4 Å². The second-order valence-electron chi connectivity index (χ2n) is 5.04. The number of aromatic nitrogens is 1. The lowest BCUT2D eigenvalue weighted by Gasteiger charge is -2.36. The highest BCUT2D eigenvalue weighted by atomic mass is 16.3. The highest BCUT2D eigenvalue weighted by Crippen LogP contribution is 2.24. The number of nitrogens with zero attached hydrogens (tertiary/aromatic N) is 2. The monoisotopic (exact) mass is 235 g/mol. The maximum Gasteiger partial charge on any atom is 0.128 e. The highest BCUT2D eigenvalue weighted by Gasteiger charge is 2.27. The normalized spacial score (nSPS) is 19.4. The van der Waals surface area contributed by atoms with Crippen LogP contribution in [0.5, 0.6) is 0 Å². The first kappa shape index (κ1) is 12.3. The van der Waals surface area contributed by atoms with Gasteiger partial charge in [-0.3, -0.25) is 0 Å². The number of anilines is 1. The number of aliphatic hydroxyl groups is 1. The van der Waals surface area contributed by atoms with Crippen molar-refractivity contribution >= 4 is 5.82 Å². The van der Waals surface area contributed by atoms with Crippen molar-refractivity contribution in [3.05, 3.63) is 23.9 Å². The van der Waals surface area contributed by atoms with Crippen molar-refractivity contribution in [2.24, 2.45) is 0 Å². The van der Waals surface area contributed by atoms with E-state index < -0.39 is 5.60 Å². The Bertz CT molecular complexity index is 351. The van der Waals surface area contributed by atoms with Crippen molar-refractivity contribution in [3.8, 4) is 0 Å². The van der Waals surface area contributed by atoms with E-state index in [0.717, 1.165) is 38.3 Å². The Labute approximate surface area is 103 Å². The van der Waals surface area contributed by atoms with Gasteiger partial charge in [0, 0.05) is 25.8 Å². The first-order chi connectivity index (χ1) is 8.11. The summed E-state index contributed by atoms with van der Waals surface area (Å²) >= 11 is 0. The van der Waals surface area contributed by atoms with Crippen molar-refractivity contribution in [1.29, 1.82) is 0 Å². The fourth-order valence-corrected chi connectivity index (χ4v) is 2.13. The van der Waals surface area contributed by atoms with Crippen LogP contribution in [0.1, 0.15) is 25.3 Å². The first-order valence-electron chi connectivity index (χ1n) is 6.18. The predicted molar refractivity (Wildman–Crippen MR) is 69.1 cm³/mol. The molecule has 0 spiro atoms. The minimum absolute atomic E-state index is 0.497. The Kier molecular flexibility index (Phi) is 3.64. The van der Waals surface area contributed by atoms with E-state index >= 15 is 0 Å². The van der Waals surface area contributed by atoms with Crippen LogP contribution in [0.25, 0.3) is 0 Å². The molecule has 1 aliphatic heterocycles. The average molecular weight is 235 g/mol. The molecule has 1 saturated heterocycles. The summed E-state index contributed by atoms with van der Waals surface area (Å²) in [7, 11) is 1.93. The SMILES string of the molecule is CNCc1ccc(N2CCC(C)(O)CC2)nc1. The van der Waals surface area contributed by atoms with Crippen LogP contribution in [0.3, 0.4) is 0 Å². The van der Waals surface area contributed by atoms with E-state index in [-0.39, 0.29) is 0 Å². The molecule has 0 radical (unpaired) electrons. The standard InChI is InChI=1S/C13H21N3O/c1-13(17)5-7-16(8-6-13)12-4-3-11(9-14-2)10-15-12/h3-4,10,14,17H,5-9H2,1-2H3. The van der Waals surface area contributed by atoms with E-state index in [1.807, 2.05) is 20.2 Å². The fourth-order valence-electron chi connectivity index (χ4n) is 2.13. The molecule has 2 heterocycles. The number of piperidine rings is 1. The summed E-state index contributed by atoms with van der Waals surface area (Å²) in [5.41, 5.74) is 0.697. The van der Waals surface area contributed by atoms with Crippen molar-refractivity contribution in [2.75, 3.05) is 25.0 Å². The highest BCUT2D eigenvalue weighted by molar-refractivity contribution is 5.40. The van der Waals surface area contributed by atoms with Crippen LogP contribution < -0.4 is 10.2 Å². The molecule has 0 aliphatic carbocycles. The van der Waals surface area contributed by atoms with Gasteiger partial charge in [-0.2, -0.15) is 0 Å². The van der Waals surface area contributed by atoms with Crippen LogP contribution in [0.4, 0.5) is 5.82 Å². The van der Waals surface area contributed by atoms with Gasteiger partial charge in [0.05, 0.1) is 5.60 Å². The third kappa shape index (κ3) is 3.17. The molecule has 4 heteroatoms. The molecule has 94 valence electrons. The van der Waals surface area contributed by atoms with Gasteiger partial charge in [-0.25, -0.2) is 4.98 Å². The number of pyridine rings is 1. The van der Waals surface area contributed by atoms with Gasteiger partial charge >= 0.3 is 0 Å². The molecule has 4 nitrogen and oxygen atoms in total. The molecule has 0 unspecified atom stereocenters. The Morgan fingerprint density at radius 1 is 1.41 bits per heavy atom. The minimum atomic E-state index is -0.497. The molecular formula is C13H21N3O. The average Bonchev–Trinajstić information content (AvgIpc) is 2.31. The summed E-state index contributed by atoms with van der Waals surface area (Å²) < 4.78 is 0. The fraction of sp³-hybridized carbons (Fsp3) is 0.615. The van der Waals surface area contributed by atoms with Gasteiger partial charge < -0.3 is 15.3 Å². The Morgan fingerprint density at radius 3 is 2.65 bits per heavy atom. The quantitative estimate of drug-likeness (QED) is 0.825. The number of rotatable bonds is 3. The first-order valence-corrected chi connectivity index (χ1v) is 6.18. The van der Waals surface area contributed by atoms with Crippen LogP contribution >= 0.6 is 0 Å². The summed E-state index contributed by atoms with van der Waals surface area (Å²) in [4.78, 5) is 6.71. The van der Waals surface area contributed by atoms with Crippen LogP contribution in [0.15, 0.2) is 18.3 Å². The molecule has 1 aromatic heterocycles. The molecule has 2 N–H and O–H groups in total. The second-order valence-corrected chi connectivity index (χ2v) is 5.04. The molecule has 2 rings (SSSR count). The van der Waals surface area contributed by atoms with E-state index in [9.17, 15) is 5.11 Å². The van der Waals surface area contributed by atoms with E-state index in [1.165, 1.54) is 5.56 Å². The molecule has 0 saturated carbocycles. The van der Waals surface area contributed by atoms with Gasteiger partial charge in [0.15, 0.2) is 0 Å². The number of nitrogens with one attached hydrogen (secondary N) is 1. The maximum absolute atomic E-state index is 9.90. The van der Waals surface area contributed by atoms with Crippen LogP contribution in [-0.4, -0.2) is 35.8 Å². The zero-order valence-corrected chi connectivity index (χ0v) is 10.6. The molecule has 0 bridgehead atoms. The molecule has 0 amide bonds. The topological polar surface area (TPSA) is 48.4 Å². The third-order valence-electron chi connectivity index (χ3n) is 3.35. The lowest BCUT2D eigenvalue weighted by molar-refractivity contribution is 0.0350. The van der Waals surface area contributed by atoms with Gasteiger partial charge in [0.25, 0.3) is 0 Å². The van der Waals surface area contributed by atoms with E-state index in [4.69, 9.17) is 0 Å². The smallest absolute Gasteiger partial charge is 0.128 e. The third-order valence-corrected chi connectivity index (χ3v) is 3.35. The van der Waals surface area contributed by atoms with Gasteiger partial charge in [0.1, 0.15) is 5.82 Å². The van der Waals surface area contributed by atoms with Crippen molar-refractivity contribution in [3.63, 3.8) is 0 Å². The maximum atomic E-state index is 9.90. The van der Waals surface area contributed by atoms with Crippen molar-refractivity contribution in [1.82, 2.24) is 10.3 Å². The Hall–Kier alpha value is -1.13. The molecular weight excluding hydrogens is 214 g/mol. The van der Waals surface area contributed by atoms with Crippen LogP contribution in [0.2, 0.25) is 0 Å². The van der Waals surface area contributed by atoms with Crippen molar-refractivity contribution in [2.45, 2.75) is 31.9 Å². The number of hydrogen-bond acceptors (Lipinski definition) is 4. The molecule has 1 fully saturated rings. The van der Waals surface area contributed by atoms with E-state index in [0.29, 0.717) is 0 Å². The van der Waals surface area contributed by atoms with E-state index in [1.54, 1.807) is 0 Å². The largest absolute Gasteiger partial charge is 0.390 e. The molecule has 0 aromatic carbocycles. The summed E-state index contributed by atoms with van der Waals surface area (Å²) in [6.45, 7) is 4.52. The van der Waals surface area contributed by atoms with E-state index in [2.05, 4.69) is 27.3 Å². The lowest BCUT2D eigenvalue weighted by Crippen LogP contribution is -2.42. The Morgan fingerprint density at radius 2 is 2.12 bits per heavy atom. The van der Waals surface area contributed by atoms with Gasteiger partial charge in [-0.1, -0.05) is 6.07 Å². The molecule has 1 aliphatic rings. The van der Waals surface area contributed by atoms with Crippen LogP contribution in [-0.2, 0) is 6.54 Å². The predicted octanol–water partition coefficient (Wildman–Crippen LogP) is 1.15. The van der Waals surface area contributed by atoms with Gasteiger partial charge in [0.2, 0.25) is 0 Å². The molecule has 1 aromatic rings. The minimum Gasteiger partial charge on any atom is -0.390 e.